The molecule has 0 bridgehead atoms. The molecule has 0 rings (SSSR count). The molecule has 0 aromatic carbocycles. The maximum Gasteiger partial charge on any atom is 0.306 e. The minimum atomic E-state index is -0.772. The molecule has 0 heterocycles. The first kappa shape index (κ1) is 58.9. The molecule has 0 amide bonds. The van der Waals surface area contributed by atoms with Crippen molar-refractivity contribution in [3.05, 3.63) is 24.3 Å². The summed E-state index contributed by atoms with van der Waals surface area (Å²) in [5, 5.41) is 0. The fourth-order valence-electron chi connectivity index (χ4n) is 7.83. The van der Waals surface area contributed by atoms with Crippen molar-refractivity contribution in [2.45, 2.75) is 297 Å². The highest BCUT2D eigenvalue weighted by molar-refractivity contribution is 5.71. The Labute approximate surface area is 379 Å². The highest BCUT2D eigenvalue weighted by atomic mass is 16.6. The van der Waals surface area contributed by atoms with Crippen molar-refractivity contribution in [1.82, 2.24) is 0 Å². The Hall–Kier alpha value is -2.11. The average Bonchev–Trinajstić information content (AvgIpc) is 3.26. The fraction of sp³-hybridized carbons (Fsp3) is 0.873. The van der Waals surface area contributed by atoms with Crippen molar-refractivity contribution in [2.75, 3.05) is 13.2 Å². The third-order valence-electron chi connectivity index (χ3n) is 11.9. The van der Waals surface area contributed by atoms with Crippen molar-refractivity contribution in [3.8, 4) is 0 Å². The van der Waals surface area contributed by atoms with E-state index < -0.39 is 6.10 Å². The number of carbonyl (C=O) groups is 3. The largest absolute Gasteiger partial charge is 0.462 e. The van der Waals surface area contributed by atoms with Crippen molar-refractivity contribution < 1.29 is 28.6 Å². The van der Waals surface area contributed by atoms with E-state index in [1.54, 1.807) is 0 Å². The summed E-state index contributed by atoms with van der Waals surface area (Å²) in [4.78, 5) is 38.0. The summed E-state index contributed by atoms with van der Waals surface area (Å²) in [7, 11) is 0. The van der Waals surface area contributed by atoms with Gasteiger partial charge in [-0.3, -0.25) is 14.4 Å². The lowest BCUT2D eigenvalue weighted by Gasteiger charge is -2.18. The fourth-order valence-corrected chi connectivity index (χ4v) is 7.83. The zero-order chi connectivity index (χ0) is 44.4. The number of esters is 3. The van der Waals surface area contributed by atoms with Crippen molar-refractivity contribution in [3.63, 3.8) is 0 Å². The molecule has 0 saturated heterocycles. The standard InChI is InChI=1S/C55H102O6/c1-4-7-10-13-16-19-22-24-26-27-29-30-33-36-39-42-45-48-54(57)60-51-52(50-59-53(56)47-44-41-38-35-32-21-18-15-12-9-6-3)61-55(58)49-46-43-40-37-34-31-28-25-23-20-17-14-11-8-5-2/h15,18,20,23,52H,4-14,16-17,19,21-22,24-51H2,1-3H3/b18-15-,23-20-/t52-/m1/s1. The van der Waals surface area contributed by atoms with Crippen LogP contribution in [0.1, 0.15) is 290 Å². The number of hydrogen-bond acceptors (Lipinski definition) is 6. The van der Waals surface area contributed by atoms with Gasteiger partial charge in [0.2, 0.25) is 0 Å². The Morgan fingerprint density at radius 1 is 0.311 bits per heavy atom. The predicted octanol–water partition coefficient (Wildman–Crippen LogP) is 17.5. The van der Waals surface area contributed by atoms with Crippen molar-refractivity contribution in [1.29, 1.82) is 0 Å². The number of ether oxygens (including phenoxy) is 3. The molecule has 61 heavy (non-hydrogen) atoms. The van der Waals surface area contributed by atoms with Crippen LogP contribution in [0.5, 0.6) is 0 Å². The second-order valence-electron chi connectivity index (χ2n) is 18.1. The summed E-state index contributed by atoms with van der Waals surface area (Å²) in [5.41, 5.74) is 0. The van der Waals surface area contributed by atoms with Gasteiger partial charge in [0.1, 0.15) is 13.2 Å². The Balaban J connectivity index is 4.31. The topological polar surface area (TPSA) is 78.9 Å². The molecule has 0 radical (unpaired) electrons. The summed E-state index contributed by atoms with van der Waals surface area (Å²) in [5.74, 6) is -0.872. The van der Waals surface area contributed by atoms with Crippen molar-refractivity contribution in [2.24, 2.45) is 0 Å². The minimum absolute atomic E-state index is 0.0717. The molecule has 6 heteroatoms. The molecule has 0 saturated carbocycles. The third kappa shape index (κ3) is 48.8. The average molecular weight is 859 g/mol. The number of hydrogen-bond donors (Lipinski definition) is 0. The first-order valence-corrected chi connectivity index (χ1v) is 26.8. The lowest BCUT2D eigenvalue weighted by molar-refractivity contribution is -0.167. The molecular formula is C55H102O6. The SMILES string of the molecule is CCCC/C=C\CCCCCCCC(=O)OC[C@H](COC(=O)CCCCCCCCCCCCCCCCCCC)OC(=O)CCCCCCCCC/C=C\CCCCCC. The van der Waals surface area contributed by atoms with E-state index in [0.29, 0.717) is 19.3 Å². The van der Waals surface area contributed by atoms with Crippen LogP contribution in [-0.2, 0) is 28.6 Å². The van der Waals surface area contributed by atoms with E-state index >= 15 is 0 Å². The number of carbonyl (C=O) groups excluding carboxylic acids is 3. The van der Waals surface area contributed by atoms with E-state index in [9.17, 15) is 14.4 Å². The van der Waals surface area contributed by atoms with Gasteiger partial charge in [-0.25, -0.2) is 0 Å². The summed E-state index contributed by atoms with van der Waals surface area (Å²) >= 11 is 0. The van der Waals surface area contributed by atoms with E-state index in [1.165, 1.54) is 186 Å². The molecule has 1 atom stereocenters. The monoisotopic (exact) mass is 859 g/mol. The molecule has 0 aliphatic carbocycles. The Bertz CT molecular complexity index is 989. The van der Waals surface area contributed by atoms with Gasteiger partial charge in [0.15, 0.2) is 6.10 Å². The lowest BCUT2D eigenvalue weighted by atomic mass is 10.0. The summed E-state index contributed by atoms with van der Waals surface area (Å²) in [6.45, 7) is 6.61. The van der Waals surface area contributed by atoms with Gasteiger partial charge in [-0.1, -0.05) is 231 Å². The van der Waals surface area contributed by atoms with Crippen LogP contribution in [0.2, 0.25) is 0 Å². The van der Waals surface area contributed by atoms with Crippen LogP contribution in [0.25, 0.3) is 0 Å². The second-order valence-corrected chi connectivity index (χ2v) is 18.1. The van der Waals surface area contributed by atoms with Crippen LogP contribution < -0.4 is 0 Å². The quantitative estimate of drug-likeness (QED) is 0.0262. The molecule has 358 valence electrons. The van der Waals surface area contributed by atoms with Gasteiger partial charge in [0, 0.05) is 19.3 Å². The van der Waals surface area contributed by atoms with E-state index in [2.05, 4.69) is 45.1 Å². The zero-order valence-corrected chi connectivity index (χ0v) is 40.9. The van der Waals surface area contributed by atoms with Crippen molar-refractivity contribution >= 4 is 17.9 Å². The van der Waals surface area contributed by atoms with Gasteiger partial charge >= 0.3 is 17.9 Å². The number of unbranched alkanes of at least 4 members (excludes halogenated alkanes) is 34. The highest BCUT2D eigenvalue weighted by Crippen LogP contribution is 2.16. The summed E-state index contributed by atoms with van der Waals surface area (Å²) in [6.07, 6.45) is 57.3. The molecule has 0 aliphatic heterocycles. The molecule has 0 aromatic heterocycles. The molecule has 0 aliphatic rings. The molecule has 0 N–H and O–H groups in total. The third-order valence-corrected chi connectivity index (χ3v) is 11.9. The van der Waals surface area contributed by atoms with E-state index in [1.807, 2.05) is 0 Å². The molecule has 0 unspecified atom stereocenters. The molecule has 6 nitrogen and oxygen atoms in total. The van der Waals surface area contributed by atoms with Gasteiger partial charge in [0.25, 0.3) is 0 Å². The highest BCUT2D eigenvalue weighted by Gasteiger charge is 2.19. The van der Waals surface area contributed by atoms with Gasteiger partial charge < -0.3 is 14.2 Å². The second kappa shape index (κ2) is 50.5. The summed E-state index contributed by atoms with van der Waals surface area (Å²) < 4.78 is 16.8. The van der Waals surface area contributed by atoms with Crippen LogP contribution in [0.15, 0.2) is 24.3 Å². The molecule has 0 aromatic rings. The normalized spacial score (nSPS) is 12.1. The van der Waals surface area contributed by atoms with E-state index in [-0.39, 0.29) is 31.1 Å². The Morgan fingerprint density at radius 2 is 0.557 bits per heavy atom. The van der Waals surface area contributed by atoms with Crippen LogP contribution >= 0.6 is 0 Å². The molecule has 0 fully saturated rings. The Morgan fingerprint density at radius 3 is 0.885 bits per heavy atom. The predicted molar refractivity (Wildman–Crippen MR) is 261 cm³/mol. The van der Waals surface area contributed by atoms with Crippen LogP contribution in [0, 0.1) is 0 Å². The van der Waals surface area contributed by atoms with Crippen LogP contribution in [0.3, 0.4) is 0 Å². The number of allylic oxidation sites excluding steroid dienone is 4. The summed E-state index contributed by atoms with van der Waals surface area (Å²) in [6, 6.07) is 0. The smallest absolute Gasteiger partial charge is 0.306 e. The minimum Gasteiger partial charge on any atom is -0.462 e. The van der Waals surface area contributed by atoms with Gasteiger partial charge in [-0.2, -0.15) is 0 Å². The van der Waals surface area contributed by atoms with E-state index in [0.717, 1.165) is 64.2 Å². The van der Waals surface area contributed by atoms with Gasteiger partial charge in [0.05, 0.1) is 0 Å². The van der Waals surface area contributed by atoms with Crippen LogP contribution in [-0.4, -0.2) is 37.2 Å². The zero-order valence-electron chi connectivity index (χ0n) is 40.9. The van der Waals surface area contributed by atoms with E-state index in [4.69, 9.17) is 14.2 Å². The maximum atomic E-state index is 12.8. The Kier molecular flexibility index (Phi) is 48.8. The first-order chi connectivity index (χ1) is 30.0. The maximum absolute atomic E-state index is 12.8. The molecule has 0 spiro atoms. The van der Waals surface area contributed by atoms with Gasteiger partial charge in [-0.05, 0) is 64.2 Å². The van der Waals surface area contributed by atoms with Crippen LogP contribution in [0.4, 0.5) is 0 Å². The lowest BCUT2D eigenvalue weighted by Crippen LogP contribution is -2.30. The number of rotatable bonds is 49. The van der Waals surface area contributed by atoms with Gasteiger partial charge in [-0.15, -0.1) is 0 Å². The first-order valence-electron chi connectivity index (χ1n) is 26.8. The molecular weight excluding hydrogens is 757 g/mol.